The van der Waals surface area contributed by atoms with Gasteiger partial charge in [-0.05, 0) is 37.3 Å². The molecule has 2 aromatic rings. The zero-order chi connectivity index (χ0) is 20.1. The Hall–Kier alpha value is -2.67. The van der Waals surface area contributed by atoms with E-state index >= 15 is 0 Å². The standard InChI is InChI=1S/C21H28N4O3/c1-13(2)10-17(21(28)25-22-12-15-7-5-9-19(15)26)24-20(27)18-11-14-6-3-4-8-16(14)23-18/h3-4,6,8,11,13,15,17,22-23H,5,7,9-10,12H2,1-2H3,(H,24,27)(H,25,28)/t15?,17-/m0/s1. The Bertz CT molecular complexity index is 825. The molecule has 1 aromatic heterocycles. The highest BCUT2D eigenvalue weighted by atomic mass is 16.2. The van der Waals surface area contributed by atoms with Crippen LogP contribution in [0.25, 0.3) is 10.9 Å². The van der Waals surface area contributed by atoms with Gasteiger partial charge >= 0.3 is 0 Å². The molecule has 1 aromatic carbocycles. The normalized spacial score (nSPS) is 17.8. The van der Waals surface area contributed by atoms with Crippen molar-refractivity contribution in [2.75, 3.05) is 6.54 Å². The fourth-order valence-electron chi connectivity index (χ4n) is 3.59. The van der Waals surface area contributed by atoms with E-state index < -0.39 is 6.04 Å². The van der Waals surface area contributed by atoms with Gasteiger partial charge in [-0.15, -0.1) is 0 Å². The second-order valence-corrected chi connectivity index (χ2v) is 7.85. The van der Waals surface area contributed by atoms with Crippen molar-refractivity contribution in [3.63, 3.8) is 0 Å². The van der Waals surface area contributed by atoms with E-state index in [0.717, 1.165) is 23.7 Å². The number of carbonyl (C=O) groups excluding carboxylic acids is 3. The molecule has 0 spiro atoms. The first-order chi connectivity index (χ1) is 13.4. The van der Waals surface area contributed by atoms with Crippen LogP contribution >= 0.6 is 0 Å². The number of hydrazine groups is 1. The van der Waals surface area contributed by atoms with Crippen molar-refractivity contribution < 1.29 is 14.4 Å². The van der Waals surface area contributed by atoms with Gasteiger partial charge in [0.15, 0.2) is 0 Å². The van der Waals surface area contributed by atoms with Gasteiger partial charge in [-0.25, -0.2) is 5.43 Å². The van der Waals surface area contributed by atoms with Gasteiger partial charge in [0.2, 0.25) is 0 Å². The first kappa shape index (κ1) is 20.1. The zero-order valence-corrected chi connectivity index (χ0v) is 16.4. The molecule has 2 atom stereocenters. The van der Waals surface area contributed by atoms with Crippen molar-refractivity contribution in [3.05, 3.63) is 36.0 Å². The molecule has 0 bridgehead atoms. The fourth-order valence-corrected chi connectivity index (χ4v) is 3.59. The number of carbonyl (C=O) groups is 3. The smallest absolute Gasteiger partial charge is 0.268 e. The number of Topliss-reactive ketones (excluding diaryl/α,β-unsaturated/α-hetero) is 1. The van der Waals surface area contributed by atoms with Gasteiger partial charge in [-0.2, -0.15) is 0 Å². The summed E-state index contributed by atoms with van der Waals surface area (Å²) in [6, 6.07) is 8.75. The monoisotopic (exact) mass is 384 g/mol. The number of nitrogens with one attached hydrogen (secondary N) is 4. The number of hydrogen-bond acceptors (Lipinski definition) is 4. The lowest BCUT2D eigenvalue weighted by Crippen LogP contribution is -2.52. The summed E-state index contributed by atoms with van der Waals surface area (Å²) in [4.78, 5) is 40.0. The zero-order valence-electron chi connectivity index (χ0n) is 16.4. The Labute approximate surface area is 164 Å². The molecular weight excluding hydrogens is 356 g/mol. The number of para-hydroxylation sites is 1. The SMILES string of the molecule is CC(C)C[C@H](NC(=O)c1cc2ccccc2[nH]1)C(=O)NNCC1CCCC1=O. The first-order valence-corrected chi connectivity index (χ1v) is 9.88. The molecule has 7 nitrogen and oxygen atoms in total. The van der Waals surface area contributed by atoms with E-state index in [4.69, 9.17) is 0 Å². The van der Waals surface area contributed by atoms with E-state index in [2.05, 4.69) is 21.2 Å². The molecule has 0 radical (unpaired) electrons. The van der Waals surface area contributed by atoms with E-state index in [1.165, 1.54) is 0 Å². The molecule has 7 heteroatoms. The Balaban J connectivity index is 1.59. The maximum Gasteiger partial charge on any atom is 0.268 e. The minimum atomic E-state index is -0.661. The van der Waals surface area contributed by atoms with Gasteiger partial charge < -0.3 is 10.3 Å². The van der Waals surface area contributed by atoms with Crippen molar-refractivity contribution in [2.45, 2.75) is 45.6 Å². The van der Waals surface area contributed by atoms with Gasteiger partial charge in [-0.3, -0.25) is 19.8 Å². The molecule has 0 aliphatic heterocycles. The molecule has 150 valence electrons. The Morgan fingerprint density at radius 2 is 2.04 bits per heavy atom. The predicted octanol–water partition coefficient (Wildman–Crippen LogP) is 2.30. The highest BCUT2D eigenvalue weighted by molar-refractivity contribution is 6.00. The van der Waals surface area contributed by atoms with E-state index in [9.17, 15) is 14.4 Å². The molecular formula is C21H28N4O3. The number of aromatic nitrogens is 1. The summed E-state index contributed by atoms with van der Waals surface area (Å²) < 4.78 is 0. The van der Waals surface area contributed by atoms with Crippen molar-refractivity contribution in [2.24, 2.45) is 11.8 Å². The van der Waals surface area contributed by atoms with Crippen LogP contribution in [0.1, 0.15) is 50.0 Å². The predicted molar refractivity (Wildman–Crippen MR) is 108 cm³/mol. The van der Waals surface area contributed by atoms with Crippen LogP contribution in [-0.2, 0) is 9.59 Å². The summed E-state index contributed by atoms with van der Waals surface area (Å²) in [6.07, 6.45) is 2.91. The molecule has 1 aliphatic rings. The third-order valence-electron chi connectivity index (χ3n) is 5.09. The van der Waals surface area contributed by atoms with Crippen molar-refractivity contribution >= 4 is 28.5 Å². The highest BCUT2D eigenvalue weighted by Gasteiger charge is 2.26. The maximum atomic E-state index is 12.6. The van der Waals surface area contributed by atoms with E-state index in [0.29, 0.717) is 25.1 Å². The van der Waals surface area contributed by atoms with Gasteiger partial charge in [0.05, 0.1) is 0 Å². The van der Waals surface area contributed by atoms with Crippen LogP contribution in [0.15, 0.2) is 30.3 Å². The first-order valence-electron chi connectivity index (χ1n) is 9.88. The summed E-state index contributed by atoms with van der Waals surface area (Å²) in [7, 11) is 0. The average Bonchev–Trinajstić information content (AvgIpc) is 3.27. The molecule has 0 saturated heterocycles. The molecule has 1 aliphatic carbocycles. The number of fused-ring (bicyclic) bond motifs is 1. The molecule has 1 fully saturated rings. The molecule has 3 rings (SSSR count). The summed E-state index contributed by atoms with van der Waals surface area (Å²) in [5.41, 5.74) is 6.82. The summed E-state index contributed by atoms with van der Waals surface area (Å²) >= 11 is 0. The lowest BCUT2D eigenvalue weighted by atomic mass is 10.0. The fraction of sp³-hybridized carbons (Fsp3) is 0.476. The van der Waals surface area contributed by atoms with Crippen molar-refractivity contribution in [1.82, 2.24) is 21.2 Å². The minimum Gasteiger partial charge on any atom is -0.351 e. The highest BCUT2D eigenvalue weighted by Crippen LogP contribution is 2.20. The lowest BCUT2D eigenvalue weighted by Gasteiger charge is -2.20. The number of amides is 2. The summed E-state index contributed by atoms with van der Waals surface area (Å²) in [6.45, 7) is 4.43. The van der Waals surface area contributed by atoms with Crippen LogP contribution in [-0.4, -0.2) is 35.2 Å². The van der Waals surface area contributed by atoms with Crippen LogP contribution in [0.3, 0.4) is 0 Å². The van der Waals surface area contributed by atoms with E-state index in [1.807, 2.05) is 38.1 Å². The van der Waals surface area contributed by atoms with Gasteiger partial charge in [-0.1, -0.05) is 32.0 Å². The van der Waals surface area contributed by atoms with Crippen LogP contribution in [0, 0.1) is 11.8 Å². The third kappa shape index (κ3) is 4.98. The number of hydrogen-bond donors (Lipinski definition) is 4. The van der Waals surface area contributed by atoms with Gasteiger partial charge in [0.25, 0.3) is 11.8 Å². The number of rotatable bonds is 8. The van der Waals surface area contributed by atoms with Crippen LogP contribution in [0.2, 0.25) is 0 Å². The maximum absolute atomic E-state index is 12.6. The second-order valence-electron chi connectivity index (χ2n) is 7.85. The summed E-state index contributed by atoms with van der Waals surface area (Å²) in [5, 5.41) is 3.77. The van der Waals surface area contributed by atoms with Crippen molar-refractivity contribution in [3.8, 4) is 0 Å². The number of aromatic amines is 1. The number of ketones is 1. The topological polar surface area (TPSA) is 103 Å². The second kappa shape index (κ2) is 9.01. The molecule has 1 saturated carbocycles. The van der Waals surface area contributed by atoms with Crippen LogP contribution < -0.4 is 16.2 Å². The van der Waals surface area contributed by atoms with E-state index in [1.54, 1.807) is 6.07 Å². The number of H-pyrrole nitrogens is 1. The largest absolute Gasteiger partial charge is 0.351 e. The van der Waals surface area contributed by atoms with Crippen molar-refractivity contribution in [1.29, 1.82) is 0 Å². The molecule has 4 N–H and O–H groups in total. The third-order valence-corrected chi connectivity index (χ3v) is 5.09. The quantitative estimate of drug-likeness (QED) is 0.524. The average molecular weight is 384 g/mol. The van der Waals surface area contributed by atoms with E-state index in [-0.39, 0.29) is 29.4 Å². The summed E-state index contributed by atoms with van der Waals surface area (Å²) in [5.74, 6) is -0.181. The number of benzene rings is 1. The van der Waals surface area contributed by atoms with Gasteiger partial charge in [0, 0.05) is 29.8 Å². The van der Waals surface area contributed by atoms with Gasteiger partial charge in [0.1, 0.15) is 17.5 Å². The Morgan fingerprint density at radius 3 is 2.71 bits per heavy atom. The molecule has 28 heavy (non-hydrogen) atoms. The Morgan fingerprint density at radius 1 is 1.25 bits per heavy atom. The van der Waals surface area contributed by atoms with Crippen LogP contribution in [0.4, 0.5) is 0 Å². The minimum absolute atomic E-state index is 0.0372. The lowest BCUT2D eigenvalue weighted by molar-refractivity contribution is -0.125. The molecule has 1 unspecified atom stereocenters. The molecule has 1 heterocycles. The van der Waals surface area contributed by atoms with Crippen LogP contribution in [0.5, 0.6) is 0 Å². The molecule has 2 amide bonds. The Kier molecular flexibility index (Phi) is 6.46.